The van der Waals surface area contributed by atoms with E-state index in [1.165, 1.54) is 11.4 Å². The Morgan fingerprint density at radius 2 is 2.14 bits per heavy atom. The summed E-state index contributed by atoms with van der Waals surface area (Å²) in [4.78, 5) is 13.3. The molecule has 0 bridgehead atoms. The van der Waals surface area contributed by atoms with Crippen molar-refractivity contribution in [2.24, 2.45) is 0 Å². The van der Waals surface area contributed by atoms with Gasteiger partial charge in [-0.25, -0.2) is 0 Å². The third-order valence-electron chi connectivity index (χ3n) is 3.10. The fourth-order valence-electron chi connectivity index (χ4n) is 2.25. The smallest absolute Gasteiger partial charge is 0.220 e. The van der Waals surface area contributed by atoms with Gasteiger partial charge in [-0.2, -0.15) is 0 Å². The van der Waals surface area contributed by atoms with Crippen molar-refractivity contribution in [1.29, 1.82) is 0 Å². The summed E-state index contributed by atoms with van der Waals surface area (Å²) in [5.74, 6) is 0.169. The molecular formula is C11H16N2O. The molecule has 2 heterocycles. The molecule has 0 saturated heterocycles. The van der Waals surface area contributed by atoms with Crippen LogP contribution in [-0.4, -0.2) is 21.9 Å². The van der Waals surface area contributed by atoms with Crippen molar-refractivity contribution in [1.82, 2.24) is 9.47 Å². The molecule has 1 atom stereocenters. The van der Waals surface area contributed by atoms with Gasteiger partial charge in [-0.1, -0.05) is 0 Å². The molecule has 3 nitrogen and oxygen atoms in total. The Kier molecular flexibility index (Phi) is 2.10. The first kappa shape index (κ1) is 9.31. The molecule has 1 aromatic rings. The van der Waals surface area contributed by atoms with Gasteiger partial charge < -0.3 is 9.47 Å². The van der Waals surface area contributed by atoms with Gasteiger partial charge in [-0.05, 0) is 26.0 Å². The number of aryl methyl sites for hydroxylation is 1. The van der Waals surface area contributed by atoms with Gasteiger partial charge in [-0.3, -0.25) is 4.79 Å². The molecule has 1 amide bonds. The lowest BCUT2D eigenvalue weighted by Gasteiger charge is -2.34. The van der Waals surface area contributed by atoms with E-state index in [4.69, 9.17) is 0 Å². The van der Waals surface area contributed by atoms with Crippen molar-refractivity contribution < 1.29 is 4.79 Å². The second-order valence-electron chi connectivity index (χ2n) is 3.94. The van der Waals surface area contributed by atoms with Gasteiger partial charge in [-0.15, -0.1) is 0 Å². The largest absolute Gasteiger partial charge is 0.345 e. The van der Waals surface area contributed by atoms with E-state index in [0.717, 1.165) is 13.1 Å². The Labute approximate surface area is 84.3 Å². The number of aromatic nitrogens is 1. The Balaban J connectivity index is 2.37. The van der Waals surface area contributed by atoms with Crippen molar-refractivity contribution in [3.8, 4) is 0 Å². The Morgan fingerprint density at radius 3 is 2.79 bits per heavy atom. The number of nitrogens with zero attached hydrogens (tertiary/aromatic N) is 2. The predicted molar refractivity (Wildman–Crippen MR) is 55.0 cm³/mol. The number of carbonyl (C=O) groups is 1. The standard InChI is InChI=1S/C11H16N2O/c1-8-4-5-11-9(2)13(10(3)14)7-6-12(8)11/h4-5,9H,6-7H2,1-3H3. The molecule has 1 aliphatic heterocycles. The van der Waals surface area contributed by atoms with Gasteiger partial charge >= 0.3 is 0 Å². The minimum absolute atomic E-state index is 0.169. The molecule has 1 aliphatic rings. The van der Waals surface area contributed by atoms with Crippen molar-refractivity contribution in [2.75, 3.05) is 6.54 Å². The van der Waals surface area contributed by atoms with Crippen molar-refractivity contribution >= 4 is 5.91 Å². The number of hydrogen-bond donors (Lipinski definition) is 0. The molecule has 1 unspecified atom stereocenters. The Morgan fingerprint density at radius 1 is 1.43 bits per heavy atom. The molecule has 0 N–H and O–H groups in total. The van der Waals surface area contributed by atoms with Gasteiger partial charge in [0.25, 0.3) is 0 Å². The number of carbonyl (C=O) groups excluding carboxylic acids is 1. The van der Waals surface area contributed by atoms with E-state index in [2.05, 4.69) is 30.5 Å². The second-order valence-corrected chi connectivity index (χ2v) is 3.94. The number of fused-ring (bicyclic) bond motifs is 1. The molecule has 1 aromatic heterocycles. The van der Waals surface area contributed by atoms with Crippen molar-refractivity contribution in [3.63, 3.8) is 0 Å². The normalized spacial score (nSPS) is 20.8. The first-order chi connectivity index (χ1) is 6.61. The van der Waals surface area contributed by atoms with E-state index in [0.29, 0.717) is 0 Å². The van der Waals surface area contributed by atoms with Crippen LogP contribution in [0.25, 0.3) is 0 Å². The van der Waals surface area contributed by atoms with Gasteiger partial charge in [0.2, 0.25) is 5.91 Å². The monoisotopic (exact) mass is 192 g/mol. The lowest BCUT2D eigenvalue weighted by molar-refractivity contribution is -0.132. The summed E-state index contributed by atoms with van der Waals surface area (Å²) in [6, 6.07) is 4.46. The quantitative estimate of drug-likeness (QED) is 0.614. The van der Waals surface area contributed by atoms with Crippen LogP contribution in [-0.2, 0) is 11.3 Å². The lowest BCUT2D eigenvalue weighted by atomic mass is 10.1. The first-order valence-corrected chi connectivity index (χ1v) is 5.04. The molecule has 0 aliphatic carbocycles. The predicted octanol–water partition coefficient (Wildman–Crippen LogP) is 1.72. The summed E-state index contributed by atoms with van der Waals surface area (Å²) >= 11 is 0. The van der Waals surface area contributed by atoms with Crippen LogP contribution < -0.4 is 0 Å². The van der Waals surface area contributed by atoms with Crippen LogP contribution in [0.1, 0.15) is 31.3 Å². The third-order valence-corrected chi connectivity index (χ3v) is 3.10. The zero-order chi connectivity index (χ0) is 10.3. The summed E-state index contributed by atoms with van der Waals surface area (Å²) in [6.45, 7) is 7.60. The zero-order valence-electron chi connectivity index (χ0n) is 8.95. The minimum atomic E-state index is 0.169. The van der Waals surface area contributed by atoms with Gasteiger partial charge in [0, 0.05) is 31.4 Å². The lowest BCUT2D eigenvalue weighted by Crippen LogP contribution is -2.39. The second kappa shape index (κ2) is 3.15. The van der Waals surface area contributed by atoms with E-state index >= 15 is 0 Å². The molecule has 2 rings (SSSR count). The van der Waals surface area contributed by atoms with E-state index < -0.39 is 0 Å². The molecule has 3 heteroatoms. The van der Waals surface area contributed by atoms with E-state index in [-0.39, 0.29) is 11.9 Å². The van der Waals surface area contributed by atoms with Crippen LogP contribution in [0.3, 0.4) is 0 Å². The summed E-state index contributed by atoms with van der Waals surface area (Å²) in [6.07, 6.45) is 0. The highest BCUT2D eigenvalue weighted by atomic mass is 16.2. The fraction of sp³-hybridized carbons (Fsp3) is 0.545. The molecule has 0 fully saturated rings. The van der Waals surface area contributed by atoms with E-state index in [9.17, 15) is 4.79 Å². The molecule has 0 saturated carbocycles. The van der Waals surface area contributed by atoms with E-state index in [1.807, 2.05) is 4.90 Å². The molecule has 14 heavy (non-hydrogen) atoms. The van der Waals surface area contributed by atoms with Gasteiger partial charge in [0.15, 0.2) is 0 Å². The summed E-state index contributed by atoms with van der Waals surface area (Å²) in [5.41, 5.74) is 2.54. The highest BCUT2D eigenvalue weighted by Gasteiger charge is 2.25. The number of amides is 1. The maximum atomic E-state index is 11.3. The molecule has 0 radical (unpaired) electrons. The van der Waals surface area contributed by atoms with Crippen LogP contribution in [0, 0.1) is 6.92 Å². The van der Waals surface area contributed by atoms with Crippen LogP contribution in [0.2, 0.25) is 0 Å². The topological polar surface area (TPSA) is 25.2 Å². The fourth-order valence-corrected chi connectivity index (χ4v) is 2.25. The van der Waals surface area contributed by atoms with Crippen LogP contribution in [0.5, 0.6) is 0 Å². The third kappa shape index (κ3) is 1.24. The van der Waals surface area contributed by atoms with Gasteiger partial charge in [0.1, 0.15) is 0 Å². The van der Waals surface area contributed by atoms with Crippen LogP contribution >= 0.6 is 0 Å². The van der Waals surface area contributed by atoms with Gasteiger partial charge in [0.05, 0.1) is 6.04 Å². The minimum Gasteiger partial charge on any atom is -0.345 e. The van der Waals surface area contributed by atoms with E-state index in [1.54, 1.807) is 6.92 Å². The summed E-state index contributed by atoms with van der Waals surface area (Å²) in [7, 11) is 0. The average Bonchev–Trinajstić information content (AvgIpc) is 2.49. The average molecular weight is 192 g/mol. The summed E-state index contributed by atoms with van der Waals surface area (Å²) < 4.78 is 2.30. The van der Waals surface area contributed by atoms with Crippen LogP contribution in [0.4, 0.5) is 0 Å². The molecular weight excluding hydrogens is 176 g/mol. The molecule has 76 valence electrons. The maximum absolute atomic E-state index is 11.3. The SMILES string of the molecule is CC(=O)N1CCn2c(C)ccc2C1C. The molecule has 0 aromatic carbocycles. The number of rotatable bonds is 0. The maximum Gasteiger partial charge on any atom is 0.220 e. The first-order valence-electron chi connectivity index (χ1n) is 5.04. The highest BCUT2D eigenvalue weighted by Crippen LogP contribution is 2.26. The number of hydrogen-bond acceptors (Lipinski definition) is 1. The van der Waals surface area contributed by atoms with Crippen molar-refractivity contribution in [3.05, 3.63) is 23.5 Å². The molecule has 0 spiro atoms. The summed E-state index contributed by atoms with van der Waals surface area (Å²) in [5, 5.41) is 0. The zero-order valence-corrected chi connectivity index (χ0v) is 8.95. The van der Waals surface area contributed by atoms with Crippen LogP contribution in [0.15, 0.2) is 12.1 Å². The Hall–Kier alpha value is -1.25. The Bertz CT molecular complexity index is 367. The van der Waals surface area contributed by atoms with Crippen molar-refractivity contribution in [2.45, 2.75) is 33.4 Å². The highest BCUT2D eigenvalue weighted by molar-refractivity contribution is 5.73.